The Morgan fingerprint density at radius 3 is 2.10 bits per heavy atom. The van der Waals surface area contributed by atoms with Crippen molar-refractivity contribution >= 4 is 27.5 Å². The van der Waals surface area contributed by atoms with E-state index in [4.69, 9.17) is 0 Å². The molecule has 0 aromatic heterocycles. The number of hydrogen-bond donors (Lipinski definition) is 1. The van der Waals surface area contributed by atoms with Gasteiger partial charge in [0.1, 0.15) is 18.4 Å². The van der Waals surface area contributed by atoms with Crippen LogP contribution in [0.15, 0.2) is 77.7 Å². The third-order valence-corrected chi connectivity index (χ3v) is 8.21. The van der Waals surface area contributed by atoms with Crippen LogP contribution in [0, 0.1) is 19.7 Å². The average molecular weight is 554 g/mol. The summed E-state index contributed by atoms with van der Waals surface area (Å²) in [6.07, 6.45) is 0.331. The molecular formula is C30H36FN3O4S. The summed E-state index contributed by atoms with van der Waals surface area (Å²) < 4.78 is 42.3. The van der Waals surface area contributed by atoms with Crippen LogP contribution in [-0.2, 0) is 26.2 Å². The number of aryl methyl sites for hydroxylation is 2. The maximum Gasteiger partial charge on any atom is 0.264 e. The molecule has 0 saturated heterocycles. The highest BCUT2D eigenvalue weighted by atomic mass is 32.2. The van der Waals surface area contributed by atoms with Gasteiger partial charge in [-0.25, -0.2) is 12.8 Å². The SMILES string of the molecule is CC[C@@H](C(=O)NC(C)C)N(Cc1ccccc1C)C(=O)CN(c1ccc(F)cc1)S(=O)(=O)c1ccc(C)cc1. The molecule has 0 heterocycles. The minimum Gasteiger partial charge on any atom is -0.352 e. The van der Waals surface area contributed by atoms with Crippen LogP contribution in [0.25, 0.3) is 0 Å². The van der Waals surface area contributed by atoms with E-state index in [-0.39, 0.29) is 29.1 Å². The first kappa shape index (κ1) is 29.8. The first-order valence-corrected chi connectivity index (χ1v) is 14.4. The molecule has 3 aromatic rings. The summed E-state index contributed by atoms with van der Waals surface area (Å²) in [5.74, 6) is -1.40. The van der Waals surface area contributed by atoms with E-state index in [1.165, 1.54) is 29.2 Å². The predicted octanol–water partition coefficient (Wildman–Crippen LogP) is 4.97. The van der Waals surface area contributed by atoms with Gasteiger partial charge in [-0.05, 0) is 81.6 Å². The number of halogens is 1. The predicted molar refractivity (Wildman–Crippen MR) is 151 cm³/mol. The number of sulfonamides is 1. The Kier molecular flexibility index (Phi) is 9.86. The van der Waals surface area contributed by atoms with Crippen LogP contribution in [-0.4, -0.2) is 43.8 Å². The van der Waals surface area contributed by atoms with E-state index in [0.717, 1.165) is 33.1 Å². The summed E-state index contributed by atoms with van der Waals surface area (Å²) in [4.78, 5) is 28.6. The highest BCUT2D eigenvalue weighted by Crippen LogP contribution is 2.25. The Bertz CT molecular complexity index is 1390. The lowest BCUT2D eigenvalue weighted by molar-refractivity contribution is -0.140. The zero-order chi connectivity index (χ0) is 28.7. The van der Waals surface area contributed by atoms with Crippen LogP contribution < -0.4 is 9.62 Å². The fourth-order valence-corrected chi connectivity index (χ4v) is 5.66. The molecule has 0 aliphatic carbocycles. The third-order valence-electron chi connectivity index (χ3n) is 6.42. The van der Waals surface area contributed by atoms with Gasteiger partial charge in [0.15, 0.2) is 0 Å². The van der Waals surface area contributed by atoms with Gasteiger partial charge in [0.2, 0.25) is 11.8 Å². The van der Waals surface area contributed by atoms with E-state index in [2.05, 4.69) is 5.32 Å². The number of benzene rings is 3. The Balaban J connectivity index is 2.07. The van der Waals surface area contributed by atoms with Gasteiger partial charge in [0, 0.05) is 12.6 Å². The second kappa shape index (κ2) is 12.9. The van der Waals surface area contributed by atoms with Crippen LogP contribution in [0.3, 0.4) is 0 Å². The summed E-state index contributed by atoms with van der Waals surface area (Å²) >= 11 is 0. The number of carbonyl (C=O) groups excluding carboxylic acids is 2. The Morgan fingerprint density at radius 1 is 0.923 bits per heavy atom. The topological polar surface area (TPSA) is 86.8 Å². The first-order chi connectivity index (χ1) is 18.4. The Morgan fingerprint density at radius 2 is 1.54 bits per heavy atom. The molecule has 3 rings (SSSR count). The molecule has 0 radical (unpaired) electrons. The van der Waals surface area contributed by atoms with Crippen molar-refractivity contribution in [2.24, 2.45) is 0 Å². The van der Waals surface area contributed by atoms with Crippen LogP contribution in [0.4, 0.5) is 10.1 Å². The number of carbonyl (C=O) groups is 2. The average Bonchev–Trinajstić information content (AvgIpc) is 2.88. The van der Waals surface area contributed by atoms with E-state index < -0.39 is 34.3 Å². The van der Waals surface area contributed by atoms with Crippen molar-refractivity contribution in [2.75, 3.05) is 10.8 Å². The minimum atomic E-state index is -4.20. The largest absolute Gasteiger partial charge is 0.352 e. The maximum absolute atomic E-state index is 14.0. The van der Waals surface area contributed by atoms with Gasteiger partial charge in [0.25, 0.3) is 10.0 Å². The number of hydrogen-bond acceptors (Lipinski definition) is 4. The lowest BCUT2D eigenvalue weighted by Gasteiger charge is -2.34. The van der Waals surface area contributed by atoms with E-state index in [0.29, 0.717) is 6.42 Å². The van der Waals surface area contributed by atoms with Crippen molar-refractivity contribution in [1.29, 1.82) is 0 Å². The molecule has 39 heavy (non-hydrogen) atoms. The van der Waals surface area contributed by atoms with E-state index in [1.54, 1.807) is 12.1 Å². The van der Waals surface area contributed by atoms with Gasteiger partial charge in [-0.1, -0.05) is 48.9 Å². The number of anilines is 1. The lowest BCUT2D eigenvalue weighted by Crippen LogP contribution is -2.53. The summed E-state index contributed by atoms with van der Waals surface area (Å²) in [6, 6.07) is 17.8. The zero-order valence-corrected chi connectivity index (χ0v) is 23.8. The smallest absolute Gasteiger partial charge is 0.264 e. The number of rotatable bonds is 11. The second-order valence-corrected chi connectivity index (χ2v) is 11.7. The van der Waals surface area contributed by atoms with Crippen molar-refractivity contribution in [1.82, 2.24) is 10.2 Å². The van der Waals surface area contributed by atoms with Gasteiger partial charge in [-0.3, -0.25) is 13.9 Å². The molecule has 3 aromatic carbocycles. The molecule has 0 spiro atoms. The van der Waals surface area contributed by atoms with Gasteiger partial charge >= 0.3 is 0 Å². The fourth-order valence-electron chi connectivity index (χ4n) is 4.24. The molecular weight excluding hydrogens is 517 g/mol. The highest BCUT2D eigenvalue weighted by Gasteiger charge is 2.34. The molecule has 208 valence electrons. The van der Waals surface area contributed by atoms with Crippen molar-refractivity contribution in [3.8, 4) is 0 Å². The molecule has 0 saturated carbocycles. The summed E-state index contributed by atoms with van der Waals surface area (Å²) in [5.41, 5.74) is 2.80. The molecule has 0 fully saturated rings. The molecule has 1 atom stereocenters. The van der Waals surface area contributed by atoms with Gasteiger partial charge in [0.05, 0.1) is 10.6 Å². The Labute approximate surface area is 230 Å². The van der Waals surface area contributed by atoms with Crippen molar-refractivity contribution in [2.45, 2.75) is 64.6 Å². The molecule has 1 N–H and O–H groups in total. The molecule has 9 heteroatoms. The molecule has 0 aliphatic heterocycles. The van der Waals surface area contributed by atoms with Crippen molar-refractivity contribution in [3.05, 3.63) is 95.3 Å². The normalized spacial score (nSPS) is 12.2. The van der Waals surface area contributed by atoms with E-state index in [1.807, 2.05) is 58.9 Å². The van der Waals surface area contributed by atoms with Crippen LogP contribution in [0.2, 0.25) is 0 Å². The quantitative estimate of drug-likeness (QED) is 0.363. The second-order valence-electron chi connectivity index (χ2n) is 9.84. The number of nitrogens with zero attached hydrogens (tertiary/aromatic N) is 2. The molecule has 0 aliphatic rings. The van der Waals surface area contributed by atoms with Crippen LogP contribution >= 0.6 is 0 Å². The summed E-state index contributed by atoms with van der Waals surface area (Å²) in [5, 5.41) is 2.88. The van der Waals surface area contributed by atoms with Gasteiger partial charge < -0.3 is 10.2 Å². The molecule has 0 bridgehead atoms. The summed E-state index contributed by atoms with van der Waals surface area (Å²) in [6.45, 7) is 8.79. The van der Waals surface area contributed by atoms with E-state index >= 15 is 0 Å². The van der Waals surface area contributed by atoms with Crippen LogP contribution in [0.5, 0.6) is 0 Å². The first-order valence-electron chi connectivity index (χ1n) is 12.9. The number of nitrogens with one attached hydrogen (secondary N) is 1. The zero-order valence-electron chi connectivity index (χ0n) is 23.0. The van der Waals surface area contributed by atoms with Crippen molar-refractivity contribution < 1.29 is 22.4 Å². The third kappa shape index (κ3) is 7.44. The molecule has 7 nitrogen and oxygen atoms in total. The minimum absolute atomic E-state index is 0.000251. The molecule has 2 amide bonds. The number of amides is 2. The highest BCUT2D eigenvalue weighted by molar-refractivity contribution is 7.92. The monoisotopic (exact) mass is 553 g/mol. The lowest BCUT2D eigenvalue weighted by atomic mass is 10.1. The van der Waals surface area contributed by atoms with Gasteiger partial charge in [-0.2, -0.15) is 0 Å². The van der Waals surface area contributed by atoms with Crippen molar-refractivity contribution in [3.63, 3.8) is 0 Å². The maximum atomic E-state index is 14.0. The van der Waals surface area contributed by atoms with Crippen LogP contribution in [0.1, 0.15) is 43.9 Å². The van der Waals surface area contributed by atoms with E-state index in [9.17, 15) is 22.4 Å². The molecule has 0 unspecified atom stereocenters. The standard InChI is InChI=1S/C30H36FN3O4S/c1-6-28(30(36)32-21(2)3)33(19-24-10-8-7-9-23(24)5)29(35)20-34(26-15-13-25(31)14-16-26)39(37,38)27-17-11-22(4)12-18-27/h7-18,21,28H,6,19-20H2,1-5H3,(H,32,36)/t28-/m0/s1. The van der Waals surface area contributed by atoms with Gasteiger partial charge in [-0.15, -0.1) is 0 Å². The fraction of sp³-hybridized carbons (Fsp3) is 0.333. The summed E-state index contributed by atoms with van der Waals surface area (Å²) in [7, 11) is -4.20. The Hall–Kier alpha value is -3.72.